The number of rotatable bonds is 4. The van der Waals surface area contributed by atoms with Crippen molar-refractivity contribution < 1.29 is 9.47 Å². The highest BCUT2D eigenvalue weighted by molar-refractivity contribution is 6.03. The molecule has 1 N–H and O–H groups in total. The van der Waals surface area contributed by atoms with E-state index in [1.54, 1.807) is 14.2 Å². The third kappa shape index (κ3) is 1.77. The van der Waals surface area contributed by atoms with Crippen LogP contribution in [-0.4, -0.2) is 27.8 Å². The van der Waals surface area contributed by atoms with Gasteiger partial charge in [-0.3, -0.25) is 0 Å². The van der Waals surface area contributed by atoms with Crippen molar-refractivity contribution >= 4 is 23.7 Å². The molecular weight excluding hydrogens is 226 g/mol. The molecule has 2 rings (SSSR count). The zero-order valence-electron chi connectivity index (χ0n) is 9.66. The van der Waals surface area contributed by atoms with E-state index in [0.29, 0.717) is 0 Å². The second-order valence-electron chi connectivity index (χ2n) is 3.42. The molecule has 0 bridgehead atoms. The van der Waals surface area contributed by atoms with E-state index in [1.165, 1.54) is 11.1 Å². The Balaban J connectivity index is 0.00000128. The van der Waals surface area contributed by atoms with E-state index in [2.05, 4.69) is 11.4 Å². The molecule has 3 nitrogen and oxygen atoms in total. The van der Waals surface area contributed by atoms with E-state index < -0.39 is 0 Å². The molecule has 0 aromatic heterocycles. The van der Waals surface area contributed by atoms with Crippen LogP contribution < -0.4 is 10.1 Å². The van der Waals surface area contributed by atoms with E-state index in [9.17, 15) is 0 Å². The number of likely N-dealkylation sites (N-methyl/N-ethyl adjacent to an activating group) is 1. The Kier molecular flexibility index (Phi) is 4.21. The summed E-state index contributed by atoms with van der Waals surface area (Å²) in [7, 11) is 5.30. The van der Waals surface area contributed by atoms with Crippen molar-refractivity contribution in [1.82, 2.24) is 5.32 Å². The molecule has 0 atom stereocenters. The maximum Gasteiger partial charge on any atom is 0.135 e. The molecule has 0 radical (unpaired) electrons. The van der Waals surface area contributed by atoms with Crippen molar-refractivity contribution in [2.75, 3.05) is 27.8 Å². The smallest absolute Gasteiger partial charge is 0.135 e. The Morgan fingerprint density at radius 2 is 1.94 bits per heavy atom. The quantitative estimate of drug-likeness (QED) is 0.877. The van der Waals surface area contributed by atoms with Crippen LogP contribution in [-0.2, 0) is 4.74 Å². The van der Waals surface area contributed by atoms with Gasteiger partial charge in [0.15, 0.2) is 0 Å². The van der Waals surface area contributed by atoms with E-state index in [-0.39, 0.29) is 12.4 Å². The van der Waals surface area contributed by atoms with Crippen LogP contribution in [0.5, 0.6) is 5.75 Å². The largest absolute Gasteiger partial charge is 0.496 e. The Hall–Kier alpha value is -1.19. The van der Waals surface area contributed by atoms with Crippen LogP contribution in [0.2, 0.25) is 0 Å². The molecule has 0 fully saturated rings. The summed E-state index contributed by atoms with van der Waals surface area (Å²) in [6, 6.07) is 6.04. The van der Waals surface area contributed by atoms with Crippen molar-refractivity contribution in [2.45, 2.75) is 0 Å². The number of hydrogen-bond acceptors (Lipinski definition) is 3. The van der Waals surface area contributed by atoms with Crippen molar-refractivity contribution in [1.29, 1.82) is 0 Å². The maximum atomic E-state index is 5.38. The lowest BCUT2D eigenvalue weighted by Gasteiger charge is -2.28. The monoisotopic (exact) mass is 241 g/mol. The topological polar surface area (TPSA) is 30.5 Å². The summed E-state index contributed by atoms with van der Waals surface area (Å²) in [5.74, 6) is 1.82. The molecule has 4 heteroatoms. The van der Waals surface area contributed by atoms with Crippen LogP contribution in [0.3, 0.4) is 0 Å². The number of hydrogen-bond donors (Lipinski definition) is 1. The fourth-order valence-electron chi connectivity index (χ4n) is 1.98. The molecule has 1 aromatic rings. The van der Waals surface area contributed by atoms with E-state index in [0.717, 1.165) is 23.6 Å². The number of fused-ring (bicyclic) bond motifs is 1. The summed E-state index contributed by atoms with van der Waals surface area (Å²) in [5.41, 5.74) is 3.53. The van der Waals surface area contributed by atoms with Gasteiger partial charge >= 0.3 is 0 Å². The van der Waals surface area contributed by atoms with Crippen LogP contribution >= 0.6 is 12.4 Å². The summed E-state index contributed by atoms with van der Waals surface area (Å²) >= 11 is 0. The molecule has 0 amide bonds. The molecule has 0 heterocycles. The first-order valence-corrected chi connectivity index (χ1v) is 4.93. The summed E-state index contributed by atoms with van der Waals surface area (Å²) in [4.78, 5) is 0. The summed E-state index contributed by atoms with van der Waals surface area (Å²) in [6.45, 7) is 0.823. The Bertz CT molecular complexity index is 415. The number of nitrogens with one attached hydrogen (secondary N) is 1. The fourth-order valence-corrected chi connectivity index (χ4v) is 1.98. The summed E-state index contributed by atoms with van der Waals surface area (Å²) < 4.78 is 10.7. The number of halogens is 1. The summed E-state index contributed by atoms with van der Waals surface area (Å²) in [6.07, 6.45) is 0. The van der Waals surface area contributed by atoms with Crippen molar-refractivity contribution in [3.63, 3.8) is 0 Å². The Morgan fingerprint density at radius 3 is 2.50 bits per heavy atom. The van der Waals surface area contributed by atoms with Gasteiger partial charge in [0.1, 0.15) is 11.5 Å². The third-order valence-corrected chi connectivity index (χ3v) is 2.63. The molecule has 0 saturated heterocycles. The zero-order chi connectivity index (χ0) is 10.8. The number of benzene rings is 1. The molecular formula is C12H16ClNO2. The van der Waals surface area contributed by atoms with Gasteiger partial charge in [-0.1, -0.05) is 12.1 Å². The average molecular weight is 242 g/mol. The maximum absolute atomic E-state index is 5.38. The van der Waals surface area contributed by atoms with Gasteiger partial charge in [-0.2, -0.15) is 0 Å². The normalized spacial score (nSPS) is 12.4. The lowest BCUT2D eigenvalue weighted by atomic mass is 9.85. The van der Waals surface area contributed by atoms with E-state index >= 15 is 0 Å². The third-order valence-electron chi connectivity index (χ3n) is 2.63. The minimum atomic E-state index is 0. The second kappa shape index (κ2) is 5.23. The van der Waals surface area contributed by atoms with Crippen LogP contribution in [0.15, 0.2) is 18.2 Å². The highest BCUT2D eigenvalue weighted by Gasteiger charge is 2.29. The molecule has 88 valence electrons. The fraction of sp³-hybridized carbons (Fsp3) is 0.333. The van der Waals surface area contributed by atoms with E-state index in [4.69, 9.17) is 9.47 Å². The molecule has 16 heavy (non-hydrogen) atoms. The van der Waals surface area contributed by atoms with Gasteiger partial charge in [0.05, 0.1) is 19.8 Å². The molecule has 0 aliphatic heterocycles. The molecule has 0 saturated carbocycles. The highest BCUT2D eigenvalue weighted by atomic mass is 35.5. The average Bonchev–Trinajstić information content (AvgIpc) is 2.26. The molecule has 0 spiro atoms. The zero-order valence-corrected chi connectivity index (χ0v) is 10.5. The first-order valence-electron chi connectivity index (χ1n) is 4.93. The molecule has 1 aliphatic rings. The minimum Gasteiger partial charge on any atom is -0.496 e. The Labute approximate surface area is 102 Å². The Morgan fingerprint density at radius 1 is 1.19 bits per heavy atom. The van der Waals surface area contributed by atoms with Gasteiger partial charge in [-0.15, -0.1) is 12.4 Å². The van der Waals surface area contributed by atoms with Crippen LogP contribution in [0.4, 0.5) is 0 Å². The van der Waals surface area contributed by atoms with Gasteiger partial charge in [-0.25, -0.2) is 0 Å². The predicted molar refractivity (Wildman–Crippen MR) is 68.0 cm³/mol. The number of methoxy groups -OCH3 is 2. The van der Waals surface area contributed by atoms with E-state index in [1.807, 2.05) is 19.2 Å². The second-order valence-corrected chi connectivity index (χ2v) is 3.42. The minimum absolute atomic E-state index is 0. The van der Waals surface area contributed by atoms with Crippen molar-refractivity contribution in [3.8, 4) is 5.75 Å². The van der Waals surface area contributed by atoms with Gasteiger partial charge in [0.2, 0.25) is 0 Å². The molecule has 1 aromatic carbocycles. The lowest BCUT2D eigenvalue weighted by molar-refractivity contribution is 0.358. The number of ether oxygens (including phenoxy) is 2. The first kappa shape index (κ1) is 12.9. The predicted octanol–water partition coefficient (Wildman–Crippen LogP) is 2.16. The van der Waals surface area contributed by atoms with Crippen LogP contribution in [0.25, 0.3) is 11.3 Å². The van der Waals surface area contributed by atoms with Crippen LogP contribution in [0.1, 0.15) is 11.1 Å². The standard InChI is InChI=1S/C12H15NO2.ClH/c1-13-7-9-8-5-4-6-10(14-2)11(8)12(9)15-3;/h4-6,13H,7H2,1-3H3;1H. The first-order chi connectivity index (χ1) is 7.33. The lowest BCUT2D eigenvalue weighted by Crippen LogP contribution is -2.19. The highest BCUT2D eigenvalue weighted by Crippen LogP contribution is 2.45. The molecule has 0 unspecified atom stereocenters. The van der Waals surface area contributed by atoms with Gasteiger partial charge in [0.25, 0.3) is 0 Å². The van der Waals surface area contributed by atoms with Crippen molar-refractivity contribution in [3.05, 3.63) is 29.3 Å². The van der Waals surface area contributed by atoms with Gasteiger partial charge < -0.3 is 14.8 Å². The SMILES string of the molecule is CNCC1=C(OC)c2c(OC)cccc21.Cl. The van der Waals surface area contributed by atoms with Gasteiger partial charge in [0, 0.05) is 12.1 Å². The summed E-state index contributed by atoms with van der Waals surface area (Å²) in [5, 5.41) is 3.13. The van der Waals surface area contributed by atoms with Crippen LogP contribution in [0, 0.1) is 0 Å². The molecule has 1 aliphatic carbocycles. The van der Waals surface area contributed by atoms with Crippen molar-refractivity contribution in [2.24, 2.45) is 0 Å². The van der Waals surface area contributed by atoms with Gasteiger partial charge in [-0.05, 0) is 18.7 Å².